The van der Waals surface area contributed by atoms with E-state index < -0.39 is 21.2 Å². The predicted molar refractivity (Wildman–Crippen MR) is 129 cm³/mol. The fourth-order valence-electron chi connectivity index (χ4n) is 3.54. The predicted octanol–water partition coefficient (Wildman–Crippen LogP) is 0.740. The van der Waals surface area contributed by atoms with Crippen LogP contribution in [0.1, 0.15) is 5.69 Å². The van der Waals surface area contributed by atoms with Crippen molar-refractivity contribution in [1.82, 2.24) is 19.6 Å². The Balaban J connectivity index is 1.57. The molecule has 0 saturated carbocycles. The SMILES string of the molecule is CN(CCO)c1cc(/C=C2\SC(=O)NC2=O)nc(N2CCN(S(=O)(=O)c3ccccc3)CC2)n1. The molecule has 0 radical (unpaired) electrons. The topological polar surface area (TPSA) is 136 Å². The van der Waals surface area contributed by atoms with Crippen LogP contribution in [0, 0.1) is 0 Å². The van der Waals surface area contributed by atoms with Crippen LogP contribution < -0.4 is 15.1 Å². The lowest BCUT2D eigenvalue weighted by atomic mass is 10.3. The zero-order valence-corrected chi connectivity index (χ0v) is 20.0. The van der Waals surface area contributed by atoms with Gasteiger partial charge < -0.3 is 14.9 Å². The summed E-state index contributed by atoms with van der Waals surface area (Å²) in [6, 6.07) is 9.97. The Labute approximate surface area is 201 Å². The number of nitrogens with one attached hydrogen (secondary N) is 1. The molecule has 13 heteroatoms. The normalized spacial score (nSPS) is 18.4. The number of imide groups is 1. The number of aliphatic hydroxyl groups is 1. The van der Waals surface area contributed by atoms with Crippen LogP contribution in [0.25, 0.3) is 6.08 Å². The minimum absolute atomic E-state index is 0.0744. The van der Waals surface area contributed by atoms with E-state index >= 15 is 0 Å². The third-order valence-electron chi connectivity index (χ3n) is 5.37. The van der Waals surface area contributed by atoms with Crippen molar-refractivity contribution in [3.8, 4) is 0 Å². The molecule has 0 atom stereocenters. The summed E-state index contributed by atoms with van der Waals surface area (Å²) in [5, 5.41) is 11.1. The molecule has 2 saturated heterocycles. The number of aromatic nitrogens is 2. The van der Waals surface area contributed by atoms with Crippen LogP contribution in [-0.4, -0.2) is 85.3 Å². The third-order valence-corrected chi connectivity index (χ3v) is 8.09. The molecule has 0 aliphatic carbocycles. The van der Waals surface area contributed by atoms with E-state index in [9.17, 15) is 23.1 Å². The van der Waals surface area contributed by atoms with E-state index in [0.717, 1.165) is 11.8 Å². The summed E-state index contributed by atoms with van der Waals surface area (Å²) in [4.78, 5) is 36.7. The molecule has 1 aromatic carbocycles. The maximum Gasteiger partial charge on any atom is 0.290 e. The molecule has 1 aromatic heterocycles. The lowest BCUT2D eigenvalue weighted by molar-refractivity contribution is -0.115. The lowest BCUT2D eigenvalue weighted by Crippen LogP contribution is -2.49. The van der Waals surface area contributed by atoms with E-state index in [1.54, 1.807) is 48.3 Å². The number of aliphatic hydroxyl groups excluding tert-OH is 1. The summed E-state index contributed by atoms with van der Waals surface area (Å²) < 4.78 is 27.3. The summed E-state index contributed by atoms with van der Waals surface area (Å²) in [5.74, 6) is 0.417. The van der Waals surface area contributed by atoms with Gasteiger partial charge in [0, 0.05) is 45.8 Å². The fourth-order valence-corrected chi connectivity index (χ4v) is 5.65. The highest BCUT2D eigenvalue weighted by Crippen LogP contribution is 2.27. The number of sulfonamides is 1. The highest BCUT2D eigenvalue weighted by atomic mass is 32.2. The van der Waals surface area contributed by atoms with Gasteiger partial charge in [-0.05, 0) is 30.0 Å². The maximum absolute atomic E-state index is 12.9. The highest BCUT2D eigenvalue weighted by molar-refractivity contribution is 8.18. The van der Waals surface area contributed by atoms with Crippen molar-refractivity contribution in [2.75, 3.05) is 56.2 Å². The number of carbonyl (C=O) groups excluding carboxylic acids is 2. The van der Waals surface area contributed by atoms with Crippen LogP contribution >= 0.6 is 11.8 Å². The lowest BCUT2D eigenvalue weighted by Gasteiger charge is -2.34. The Bertz CT molecular complexity index is 1210. The third kappa shape index (κ3) is 5.22. The van der Waals surface area contributed by atoms with Gasteiger partial charge >= 0.3 is 0 Å². The molecule has 0 unspecified atom stereocenters. The monoisotopic (exact) mass is 504 g/mol. The van der Waals surface area contributed by atoms with Crippen molar-refractivity contribution in [2.24, 2.45) is 0 Å². The van der Waals surface area contributed by atoms with Crippen molar-refractivity contribution < 1.29 is 23.1 Å². The summed E-state index contributed by atoms with van der Waals surface area (Å²) >= 11 is 0.796. The minimum atomic E-state index is -3.59. The van der Waals surface area contributed by atoms with Gasteiger partial charge in [0.2, 0.25) is 16.0 Å². The largest absolute Gasteiger partial charge is 0.395 e. The molecule has 2 aliphatic heterocycles. The zero-order chi connectivity index (χ0) is 24.3. The van der Waals surface area contributed by atoms with Gasteiger partial charge in [0.15, 0.2) is 0 Å². The van der Waals surface area contributed by atoms with Crippen LogP contribution in [0.3, 0.4) is 0 Å². The van der Waals surface area contributed by atoms with E-state index in [0.29, 0.717) is 37.1 Å². The first kappa shape index (κ1) is 24.1. The Morgan fingerprint density at radius 1 is 1.15 bits per heavy atom. The number of hydrogen-bond donors (Lipinski definition) is 2. The highest BCUT2D eigenvalue weighted by Gasteiger charge is 2.30. The van der Waals surface area contributed by atoms with E-state index in [1.807, 2.05) is 4.90 Å². The van der Waals surface area contributed by atoms with Crippen LogP contribution in [0.5, 0.6) is 0 Å². The number of benzene rings is 1. The van der Waals surface area contributed by atoms with Crippen molar-refractivity contribution in [1.29, 1.82) is 0 Å². The molecule has 2 amide bonds. The standard InChI is InChI=1S/C21H24N6O5S2/c1-25(11-12-28)18-14-15(13-17-19(29)24-21(30)33-17)22-20(23-18)26-7-9-27(10-8-26)34(31,32)16-5-3-2-4-6-16/h2-6,13-14,28H,7-12H2,1H3,(H,24,29,30)/b17-13-. The fraction of sp³-hybridized carbons (Fsp3) is 0.333. The van der Waals surface area contributed by atoms with Crippen molar-refractivity contribution >= 4 is 50.8 Å². The molecule has 0 bridgehead atoms. The Hall–Kier alpha value is -3.00. The van der Waals surface area contributed by atoms with Gasteiger partial charge in [-0.3, -0.25) is 14.9 Å². The Morgan fingerprint density at radius 3 is 2.47 bits per heavy atom. The van der Waals surface area contributed by atoms with Crippen LogP contribution in [0.15, 0.2) is 46.2 Å². The van der Waals surface area contributed by atoms with Gasteiger partial charge in [-0.1, -0.05) is 18.2 Å². The second kappa shape index (κ2) is 10.1. The second-order valence-electron chi connectivity index (χ2n) is 7.65. The first-order valence-corrected chi connectivity index (χ1v) is 12.8. The van der Waals surface area contributed by atoms with Gasteiger partial charge in [-0.15, -0.1) is 0 Å². The molecule has 2 aliphatic rings. The first-order chi connectivity index (χ1) is 16.3. The van der Waals surface area contributed by atoms with Gasteiger partial charge in [0.05, 0.1) is 22.1 Å². The summed E-state index contributed by atoms with van der Waals surface area (Å²) in [6.07, 6.45) is 1.52. The number of amides is 2. The zero-order valence-electron chi connectivity index (χ0n) is 18.4. The van der Waals surface area contributed by atoms with E-state index in [2.05, 4.69) is 15.3 Å². The number of likely N-dealkylation sites (N-methyl/N-ethyl adjacent to an activating group) is 1. The number of nitrogens with zero attached hydrogens (tertiary/aromatic N) is 5. The van der Waals surface area contributed by atoms with Crippen LogP contribution in [-0.2, 0) is 14.8 Å². The quantitative estimate of drug-likeness (QED) is 0.520. The molecular weight excluding hydrogens is 480 g/mol. The maximum atomic E-state index is 12.9. The molecule has 2 aromatic rings. The van der Waals surface area contributed by atoms with Gasteiger partial charge in [-0.25, -0.2) is 13.4 Å². The first-order valence-electron chi connectivity index (χ1n) is 10.5. The van der Waals surface area contributed by atoms with Gasteiger partial charge in [0.25, 0.3) is 11.1 Å². The number of hydrogen-bond acceptors (Lipinski definition) is 10. The number of piperazine rings is 1. The van der Waals surface area contributed by atoms with Crippen molar-refractivity contribution in [2.45, 2.75) is 4.90 Å². The molecule has 3 heterocycles. The Kier molecular flexibility index (Phi) is 7.16. The van der Waals surface area contributed by atoms with Gasteiger partial charge in [0.1, 0.15) is 5.82 Å². The molecule has 2 fully saturated rings. The molecule has 34 heavy (non-hydrogen) atoms. The number of rotatable bonds is 7. The molecule has 180 valence electrons. The van der Waals surface area contributed by atoms with Crippen molar-refractivity contribution in [3.05, 3.63) is 47.0 Å². The van der Waals surface area contributed by atoms with Crippen LogP contribution in [0.4, 0.5) is 16.6 Å². The van der Waals surface area contributed by atoms with E-state index in [4.69, 9.17) is 0 Å². The number of anilines is 2. The smallest absolute Gasteiger partial charge is 0.290 e. The average molecular weight is 505 g/mol. The van der Waals surface area contributed by atoms with Gasteiger partial charge in [-0.2, -0.15) is 9.29 Å². The summed E-state index contributed by atoms with van der Waals surface area (Å²) in [7, 11) is -1.82. The van der Waals surface area contributed by atoms with E-state index in [1.165, 1.54) is 10.4 Å². The minimum Gasteiger partial charge on any atom is -0.395 e. The molecule has 0 spiro atoms. The molecule has 2 N–H and O–H groups in total. The van der Waals surface area contributed by atoms with Crippen LogP contribution in [0.2, 0.25) is 0 Å². The van der Waals surface area contributed by atoms with Crippen molar-refractivity contribution in [3.63, 3.8) is 0 Å². The van der Waals surface area contributed by atoms with E-state index in [-0.39, 0.29) is 29.5 Å². The average Bonchev–Trinajstić information content (AvgIpc) is 3.15. The second-order valence-corrected chi connectivity index (χ2v) is 10.6. The molecule has 4 rings (SSSR count). The molecule has 11 nitrogen and oxygen atoms in total. The number of thioether (sulfide) groups is 1. The summed E-state index contributed by atoms with van der Waals surface area (Å²) in [5.41, 5.74) is 0.427. The summed E-state index contributed by atoms with van der Waals surface area (Å²) in [6.45, 7) is 1.55. The molecular formula is C21H24N6O5S2. The Morgan fingerprint density at radius 2 is 1.85 bits per heavy atom. The number of carbonyl (C=O) groups is 2.